The highest BCUT2D eigenvalue weighted by Crippen LogP contribution is 2.29. The Morgan fingerprint density at radius 1 is 1.03 bits per heavy atom. The summed E-state index contributed by atoms with van der Waals surface area (Å²) in [7, 11) is 0.293. The van der Waals surface area contributed by atoms with Crippen LogP contribution < -0.4 is 10.0 Å². The van der Waals surface area contributed by atoms with Crippen LogP contribution in [0.3, 0.4) is 0 Å². The number of anilines is 2. The molecule has 0 radical (unpaired) electrons. The van der Waals surface area contributed by atoms with Crippen molar-refractivity contribution in [2.24, 2.45) is 0 Å². The van der Waals surface area contributed by atoms with E-state index in [-0.39, 0.29) is 10.6 Å². The van der Waals surface area contributed by atoms with Crippen molar-refractivity contribution >= 4 is 32.7 Å². The molecule has 4 aromatic rings. The van der Waals surface area contributed by atoms with Gasteiger partial charge in [0.05, 0.1) is 23.1 Å². The van der Waals surface area contributed by atoms with Gasteiger partial charge in [-0.1, -0.05) is 6.07 Å². The van der Waals surface area contributed by atoms with Crippen LogP contribution >= 0.6 is 0 Å². The summed E-state index contributed by atoms with van der Waals surface area (Å²) >= 11 is 0. The van der Waals surface area contributed by atoms with E-state index in [4.69, 9.17) is 4.98 Å². The van der Waals surface area contributed by atoms with Crippen molar-refractivity contribution in [2.75, 3.05) is 24.1 Å². The number of aromatic nitrogens is 4. The average Bonchev–Trinajstić information content (AvgIpc) is 2.91. The van der Waals surface area contributed by atoms with Crippen LogP contribution in [0.4, 0.5) is 16.0 Å². The molecule has 1 saturated carbocycles. The maximum absolute atomic E-state index is 14.9. The number of fused-ring (bicyclic) bond motifs is 1. The molecule has 0 atom stereocenters. The second-order valence-corrected chi connectivity index (χ2v) is 11.5. The van der Waals surface area contributed by atoms with E-state index in [0.717, 1.165) is 36.8 Å². The molecule has 0 bridgehead atoms. The molecule has 3 heterocycles. The second kappa shape index (κ2) is 10.6. The molecule has 11 heteroatoms. The van der Waals surface area contributed by atoms with Gasteiger partial charge in [0.15, 0.2) is 0 Å². The molecule has 38 heavy (non-hydrogen) atoms. The zero-order chi connectivity index (χ0) is 26.9. The van der Waals surface area contributed by atoms with E-state index >= 15 is 0 Å². The minimum Gasteiger partial charge on any atom is -0.351 e. The third-order valence-electron chi connectivity index (χ3n) is 6.95. The molecule has 0 amide bonds. The minimum absolute atomic E-state index is 0.0506. The number of nitrogens with one attached hydrogen (secondary N) is 2. The lowest BCUT2D eigenvalue weighted by Crippen LogP contribution is -2.36. The van der Waals surface area contributed by atoms with E-state index in [0.29, 0.717) is 34.8 Å². The Balaban J connectivity index is 1.34. The molecule has 0 aliphatic heterocycles. The molecular weight excluding hydrogens is 505 g/mol. The van der Waals surface area contributed by atoms with Gasteiger partial charge in [-0.15, -0.1) is 0 Å². The van der Waals surface area contributed by atoms with Gasteiger partial charge in [0.1, 0.15) is 16.2 Å². The number of benzene rings is 1. The molecule has 0 saturated heterocycles. The summed E-state index contributed by atoms with van der Waals surface area (Å²) in [5.74, 6) is -0.131. The zero-order valence-electron chi connectivity index (χ0n) is 21.5. The Morgan fingerprint density at radius 2 is 1.82 bits per heavy atom. The Labute approximate surface area is 221 Å². The second-order valence-electron chi connectivity index (χ2n) is 9.85. The van der Waals surface area contributed by atoms with Crippen LogP contribution in [-0.4, -0.2) is 59.4 Å². The van der Waals surface area contributed by atoms with Gasteiger partial charge in [-0.2, -0.15) is 0 Å². The fourth-order valence-electron chi connectivity index (χ4n) is 4.79. The summed E-state index contributed by atoms with van der Waals surface area (Å²) in [6.07, 6.45) is 8.77. The molecule has 1 aliphatic rings. The Morgan fingerprint density at radius 3 is 2.50 bits per heavy atom. The van der Waals surface area contributed by atoms with Crippen molar-refractivity contribution in [1.82, 2.24) is 24.8 Å². The third-order valence-corrected chi connectivity index (χ3v) is 8.30. The Bertz CT molecular complexity index is 1560. The first-order valence-electron chi connectivity index (χ1n) is 12.5. The number of hydrogen-bond acceptors (Lipinski definition) is 8. The molecular formula is C27H30FN7O2S. The summed E-state index contributed by atoms with van der Waals surface area (Å²) in [5, 5.41) is 3.47. The number of aryl methyl sites for hydroxylation is 1. The Hall–Kier alpha value is -3.70. The molecule has 198 valence electrons. The molecule has 1 fully saturated rings. The number of pyridine rings is 2. The lowest BCUT2D eigenvalue weighted by molar-refractivity contribution is 0.221. The summed E-state index contributed by atoms with van der Waals surface area (Å²) in [6.45, 7) is 1.93. The van der Waals surface area contributed by atoms with Gasteiger partial charge in [0.25, 0.3) is 10.0 Å². The van der Waals surface area contributed by atoms with E-state index in [1.165, 1.54) is 36.7 Å². The van der Waals surface area contributed by atoms with Crippen LogP contribution in [0.15, 0.2) is 59.9 Å². The van der Waals surface area contributed by atoms with Gasteiger partial charge in [0, 0.05) is 30.0 Å². The van der Waals surface area contributed by atoms with E-state index in [2.05, 4.69) is 44.0 Å². The van der Waals surface area contributed by atoms with Gasteiger partial charge in [-0.3, -0.25) is 9.71 Å². The molecule has 1 aliphatic carbocycles. The first kappa shape index (κ1) is 25.9. The molecule has 0 spiro atoms. The highest BCUT2D eigenvalue weighted by Gasteiger charge is 2.23. The quantitative estimate of drug-likeness (QED) is 0.353. The number of hydrogen-bond donors (Lipinski definition) is 2. The SMILES string of the molecule is Cc1cc(-c2ccc(NS(=O)(=O)c3cccnc3)c(F)c2)nc2cnc(NC3CCC(N(C)C)CC3)nc12. The van der Waals surface area contributed by atoms with Crippen LogP contribution in [0, 0.1) is 12.7 Å². The van der Waals surface area contributed by atoms with Crippen LogP contribution in [0.1, 0.15) is 31.2 Å². The Kier molecular flexibility index (Phi) is 7.22. The fourth-order valence-corrected chi connectivity index (χ4v) is 5.82. The summed E-state index contributed by atoms with van der Waals surface area (Å²) < 4.78 is 42.3. The highest BCUT2D eigenvalue weighted by molar-refractivity contribution is 7.92. The largest absolute Gasteiger partial charge is 0.351 e. The predicted octanol–water partition coefficient (Wildman–Crippen LogP) is 4.62. The summed E-state index contributed by atoms with van der Waals surface area (Å²) in [6, 6.07) is 9.96. The van der Waals surface area contributed by atoms with Crippen LogP contribution in [0.25, 0.3) is 22.3 Å². The predicted molar refractivity (Wildman–Crippen MR) is 146 cm³/mol. The summed E-state index contributed by atoms with van der Waals surface area (Å²) in [4.78, 5) is 19.9. The smallest absolute Gasteiger partial charge is 0.263 e. The standard InChI is InChI=1S/C27H30FN7O2S/c1-17-13-24(18-6-11-23(22(28)14-18)34-38(36,37)21-5-4-12-29-15-21)32-25-16-30-27(33-26(17)25)31-19-7-9-20(10-8-19)35(2)3/h4-6,11-16,19-20,34H,7-10H2,1-3H3,(H,30,31,33). The van der Waals surface area contributed by atoms with E-state index < -0.39 is 15.8 Å². The van der Waals surface area contributed by atoms with Gasteiger partial charge in [-0.25, -0.2) is 27.8 Å². The zero-order valence-corrected chi connectivity index (χ0v) is 22.3. The van der Waals surface area contributed by atoms with Gasteiger partial charge in [-0.05, 0) is 82.6 Å². The van der Waals surface area contributed by atoms with Crippen LogP contribution in [-0.2, 0) is 10.0 Å². The normalized spacial score (nSPS) is 18.0. The van der Waals surface area contributed by atoms with Crippen LogP contribution in [0.5, 0.6) is 0 Å². The van der Waals surface area contributed by atoms with Crippen LogP contribution in [0.2, 0.25) is 0 Å². The monoisotopic (exact) mass is 535 g/mol. The first-order chi connectivity index (χ1) is 18.2. The molecule has 3 aromatic heterocycles. The van der Waals surface area contributed by atoms with Crippen molar-refractivity contribution < 1.29 is 12.8 Å². The van der Waals surface area contributed by atoms with Crippen molar-refractivity contribution in [3.05, 3.63) is 66.4 Å². The average molecular weight is 536 g/mol. The van der Waals surface area contributed by atoms with Crippen molar-refractivity contribution in [2.45, 2.75) is 49.6 Å². The molecule has 9 nitrogen and oxygen atoms in total. The molecule has 1 aromatic carbocycles. The summed E-state index contributed by atoms with van der Waals surface area (Å²) in [5.41, 5.74) is 3.11. The van der Waals surface area contributed by atoms with Crippen molar-refractivity contribution in [3.63, 3.8) is 0 Å². The van der Waals surface area contributed by atoms with Crippen molar-refractivity contribution in [3.8, 4) is 11.3 Å². The number of rotatable bonds is 7. The lowest BCUT2D eigenvalue weighted by atomic mass is 9.91. The maximum atomic E-state index is 14.9. The highest BCUT2D eigenvalue weighted by atomic mass is 32.2. The number of sulfonamides is 1. The fraction of sp³-hybridized carbons (Fsp3) is 0.333. The third kappa shape index (κ3) is 5.58. The lowest BCUT2D eigenvalue weighted by Gasteiger charge is -2.32. The van der Waals surface area contributed by atoms with Crippen molar-refractivity contribution in [1.29, 1.82) is 0 Å². The maximum Gasteiger partial charge on any atom is 0.263 e. The van der Waals surface area contributed by atoms with Gasteiger partial charge in [0.2, 0.25) is 5.95 Å². The topological polar surface area (TPSA) is 113 Å². The van der Waals surface area contributed by atoms with E-state index in [1.54, 1.807) is 12.3 Å². The number of nitrogens with zero attached hydrogens (tertiary/aromatic N) is 5. The van der Waals surface area contributed by atoms with Gasteiger partial charge >= 0.3 is 0 Å². The molecule has 2 N–H and O–H groups in total. The minimum atomic E-state index is -3.96. The molecule has 0 unspecified atom stereocenters. The number of halogens is 1. The van der Waals surface area contributed by atoms with Gasteiger partial charge < -0.3 is 10.2 Å². The first-order valence-corrected chi connectivity index (χ1v) is 14.0. The van der Waals surface area contributed by atoms with E-state index in [9.17, 15) is 12.8 Å². The molecule has 5 rings (SSSR count). The van der Waals surface area contributed by atoms with E-state index in [1.807, 2.05) is 13.0 Å².